The number of ether oxygens (including phenoxy) is 2. The summed E-state index contributed by atoms with van der Waals surface area (Å²) in [4.78, 5) is 14.0. The van der Waals surface area contributed by atoms with Crippen molar-refractivity contribution < 1.29 is 14.3 Å². The third-order valence-electron chi connectivity index (χ3n) is 3.13. The number of nitrogens with one attached hydrogen (secondary N) is 1. The number of rotatable bonds is 12. The third-order valence-corrected chi connectivity index (χ3v) is 3.13. The molecule has 20 heavy (non-hydrogen) atoms. The molecule has 0 spiro atoms. The van der Waals surface area contributed by atoms with Crippen molar-refractivity contribution in [2.45, 2.75) is 38.8 Å². The van der Waals surface area contributed by atoms with E-state index in [0.29, 0.717) is 19.8 Å². The van der Waals surface area contributed by atoms with Gasteiger partial charge in [0.1, 0.15) is 5.54 Å². The molecular weight excluding hydrogens is 258 g/mol. The molecular formula is C14H31N3O3. The highest BCUT2D eigenvalue weighted by molar-refractivity contribution is 5.84. The molecule has 0 radical (unpaired) electrons. The Balaban J connectivity index is 4.64. The molecule has 0 aromatic carbocycles. The Bertz CT molecular complexity index is 274. The lowest BCUT2D eigenvalue weighted by atomic mass is 9.99. The standard InChI is InChI=1S/C14H31N3O3/c1-12(2)16-14(3,13(15)18)11-17(8-10-20-5)7-6-9-19-4/h12,16H,6-11H2,1-5H3,(H2,15,18). The van der Waals surface area contributed by atoms with Gasteiger partial charge in [0.2, 0.25) is 5.91 Å². The Labute approximate surface area is 123 Å². The van der Waals surface area contributed by atoms with Crippen molar-refractivity contribution in [1.82, 2.24) is 10.2 Å². The fraction of sp³-hybridized carbons (Fsp3) is 0.929. The zero-order chi connectivity index (χ0) is 15.6. The number of hydrogen-bond acceptors (Lipinski definition) is 5. The quantitative estimate of drug-likeness (QED) is 0.502. The van der Waals surface area contributed by atoms with Crippen LogP contribution in [0.4, 0.5) is 0 Å². The van der Waals surface area contributed by atoms with Crippen molar-refractivity contribution in [1.29, 1.82) is 0 Å². The van der Waals surface area contributed by atoms with E-state index in [4.69, 9.17) is 15.2 Å². The van der Waals surface area contributed by atoms with E-state index >= 15 is 0 Å². The number of amides is 1. The second kappa shape index (κ2) is 10.1. The summed E-state index contributed by atoms with van der Waals surface area (Å²) in [6.45, 7) is 9.37. The molecule has 0 aliphatic carbocycles. The Morgan fingerprint density at radius 3 is 2.30 bits per heavy atom. The lowest BCUT2D eigenvalue weighted by Crippen LogP contribution is -2.61. The molecule has 1 amide bonds. The monoisotopic (exact) mass is 289 g/mol. The zero-order valence-electron chi connectivity index (χ0n) is 13.6. The van der Waals surface area contributed by atoms with Crippen molar-refractivity contribution in [2.24, 2.45) is 5.73 Å². The van der Waals surface area contributed by atoms with Crippen molar-refractivity contribution in [2.75, 3.05) is 47.1 Å². The van der Waals surface area contributed by atoms with Crippen molar-refractivity contribution in [3.05, 3.63) is 0 Å². The highest BCUT2D eigenvalue weighted by atomic mass is 16.5. The van der Waals surface area contributed by atoms with Crippen LogP contribution in [-0.4, -0.2) is 69.5 Å². The SMILES string of the molecule is COCCCN(CCOC)CC(C)(NC(C)C)C(N)=O. The minimum absolute atomic E-state index is 0.191. The average Bonchev–Trinajstić information content (AvgIpc) is 2.34. The van der Waals surface area contributed by atoms with Crippen LogP contribution in [0.2, 0.25) is 0 Å². The van der Waals surface area contributed by atoms with Gasteiger partial charge < -0.3 is 20.5 Å². The number of carbonyl (C=O) groups excluding carboxylic acids is 1. The van der Waals surface area contributed by atoms with E-state index in [-0.39, 0.29) is 11.9 Å². The predicted molar refractivity (Wildman–Crippen MR) is 80.7 cm³/mol. The molecule has 0 rings (SSSR count). The fourth-order valence-corrected chi connectivity index (χ4v) is 2.20. The number of primary amides is 1. The number of methoxy groups -OCH3 is 2. The first-order chi connectivity index (χ1) is 9.35. The van der Waals surface area contributed by atoms with Gasteiger partial charge in [0.25, 0.3) is 0 Å². The Morgan fingerprint density at radius 1 is 1.25 bits per heavy atom. The van der Waals surface area contributed by atoms with Crippen LogP contribution >= 0.6 is 0 Å². The Kier molecular flexibility index (Phi) is 9.75. The normalized spacial score (nSPS) is 14.8. The van der Waals surface area contributed by atoms with Crippen molar-refractivity contribution >= 4 is 5.91 Å². The summed E-state index contributed by atoms with van der Waals surface area (Å²) in [5.74, 6) is -0.333. The largest absolute Gasteiger partial charge is 0.385 e. The second-order valence-corrected chi connectivity index (χ2v) is 5.61. The lowest BCUT2D eigenvalue weighted by Gasteiger charge is -2.35. The molecule has 0 saturated carbocycles. The van der Waals surface area contributed by atoms with E-state index in [1.807, 2.05) is 20.8 Å². The molecule has 0 aliphatic heterocycles. The third kappa shape index (κ3) is 7.79. The van der Waals surface area contributed by atoms with Gasteiger partial charge in [-0.3, -0.25) is 9.69 Å². The molecule has 0 aromatic rings. The van der Waals surface area contributed by atoms with E-state index in [0.717, 1.165) is 19.5 Å². The Hall–Kier alpha value is -0.690. The van der Waals surface area contributed by atoms with Crippen LogP contribution in [0.15, 0.2) is 0 Å². The van der Waals surface area contributed by atoms with Gasteiger partial charge in [-0.15, -0.1) is 0 Å². The summed E-state index contributed by atoms with van der Waals surface area (Å²) in [5, 5.41) is 3.26. The van der Waals surface area contributed by atoms with Gasteiger partial charge >= 0.3 is 0 Å². The van der Waals surface area contributed by atoms with E-state index in [1.54, 1.807) is 14.2 Å². The number of carbonyl (C=O) groups is 1. The maximum atomic E-state index is 11.8. The van der Waals surface area contributed by atoms with Crippen LogP contribution in [-0.2, 0) is 14.3 Å². The molecule has 1 unspecified atom stereocenters. The van der Waals surface area contributed by atoms with E-state index in [1.165, 1.54) is 0 Å². The van der Waals surface area contributed by atoms with Gasteiger partial charge in [-0.25, -0.2) is 0 Å². The Morgan fingerprint density at radius 2 is 1.85 bits per heavy atom. The molecule has 0 aliphatic rings. The molecule has 0 bridgehead atoms. The summed E-state index contributed by atoms with van der Waals surface area (Å²) in [5.41, 5.74) is 4.83. The molecule has 6 heteroatoms. The second-order valence-electron chi connectivity index (χ2n) is 5.61. The van der Waals surface area contributed by atoms with Crippen LogP contribution in [0.5, 0.6) is 0 Å². The van der Waals surface area contributed by atoms with Gasteiger partial charge in [0, 0.05) is 46.5 Å². The highest BCUT2D eigenvalue weighted by Gasteiger charge is 2.33. The number of hydrogen-bond donors (Lipinski definition) is 2. The van der Waals surface area contributed by atoms with Gasteiger partial charge in [0.05, 0.1) is 6.61 Å². The topological polar surface area (TPSA) is 76.8 Å². The fourth-order valence-electron chi connectivity index (χ4n) is 2.20. The van der Waals surface area contributed by atoms with Crippen LogP contribution < -0.4 is 11.1 Å². The molecule has 1 atom stereocenters. The van der Waals surface area contributed by atoms with E-state index in [2.05, 4.69) is 10.2 Å². The van der Waals surface area contributed by atoms with Gasteiger partial charge in [0.15, 0.2) is 0 Å². The van der Waals surface area contributed by atoms with Crippen LogP contribution in [0.3, 0.4) is 0 Å². The first-order valence-corrected chi connectivity index (χ1v) is 7.13. The summed E-state index contributed by atoms with van der Waals surface area (Å²) < 4.78 is 10.2. The van der Waals surface area contributed by atoms with Gasteiger partial charge in [-0.1, -0.05) is 0 Å². The molecule has 6 nitrogen and oxygen atoms in total. The molecule has 3 N–H and O–H groups in total. The summed E-state index contributed by atoms with van der Waals surface area (Å²) in [7, 11) is 3.36. The summed E-state index contributed by atoms with van der Waals surface area (Å²) in [6.07, 6.45) is 0.913. The van der Waals surface area contributed by atoms with Gasteiger partial charge in [-0.05, 0) is 27.2 Å². The summed E-state index contributed by atoms with van der Waals surface area (Å²) >= 11 is 0. The first kappa shape index (κ1) is 19.3. The smallest absolute Gasteiger partial charge is 0.238 e. The van der Waals surface area contributed by atoms with E-state index < -0.39 is 5.54 Å². The summed E-state index contributed by atoms with van der Waals surface area (Å²) in [6, 6.07) is 0.191. The first-order valence-electron chi connectivity index (χ1n) is 7.13. The number of nitrogens with zero attached hydrogens (tertiary/aromatic N) is 1. The molecule has 0 fully saturated rings. The van der Waals surface area contributed by atoms with Gasteiger partial charge in [-0.2, -0.15) is 0 Å². The molecule has 0 heterocycles. The van der Waals surface area contributed by atoms with Crippen molar-refractivity contribution in [3.8, 4) is 0 Å². The average molecular weight is 289 g/mol. The maximum Gasteiger partial charge on any atom is 0.238 e. The minimum Gasteiger partial charge on any atom is -0.385 e. The van der Waals surface area contributed by atoms with Crippen molar-refractivity contribution in [3.63, 3.8) is 0 Å². The molecule has 120 valence electrons. The highest BCUT2D eigenvalue weighted by Crippen LogP contribution is 2.09. The maximum absolute atomic E-state index is 11.8. The van der Waals surface area contributed by atoms with Crippen LogP contribution in [0, 0.1) is 0 Å². The number of nitrogens with two attached hydrogens (primary N) is 1. The molecule has 0 saturated heterocycles. The molecule has 0 aromatic heterocycles. The zero-order valence-corrected chi connectivity index (χ0v) is 13.6. The lowest BCUT2D eigenvalue weighted by molar-refractivity contribution is -0.125. The van der Waals surface area contributed by atoms with Crippen LogP contribution in [0.25, 0.3) is 0 Å². The van der Waals surface area contributed by atoms with Crippen LogP contribution in [0.1, 0.15) is 27.2 Å². The predicted octanol–water partition coefficient (Wildman–Crippen LogP) is 0.213. The minimum atomic E-state index is -0.741. The van der Waals surface area contributed by atoms with E-state index in [9.17, 15) is 4.79 Å².